The maximum atomic E-state index is 10.1. The van der Waals surface area contributed by atoms with Crippen molar-refractivity contribution >= 4 is 0 Å². The van der Waals surface area contributed by atoms with E-state index in [0.29, 0.717) is 6.61 Å². The van der Waals surface area contributed by atoms with E-state index in [4.69, 9.17) is 4.74 Å². The second kappa shape index (κ2) is 6.18. The summed E-state index contributed by atoms with van der Waals surface area (Å²) in [6.45, 7) is 7.18. The van der Waals surface area contributed by atoms with Crippen molar-refractivity contribution in [3.8, 4) is 0 Å². The summed E-state index contributed by atoms with van der Waals surface area (Å²) in [5.74, 6) is 0. The van der Waals surface area contributed by atoms with Crippen LogP contribution < -0.4 is 0 Å². The van der Waals surface area contributed by atoms with Gasteiger partial charge in [-0.3, -0.25) is 0 Å². The second-order valence-electron chi connectivity index (χ2n) is 5.79. The van der Waals surface area contributed by atoms with Gasteiger partial charge >= 0.3 is 0 Å². The zero-order chi connectivity index (χ0) is 12.9. The number of hydrogen-bond donors (Lipinski definition) is 1. The number of benzene rings is 1. The molecule has 1 aromatic rings. The molecule has 0 saturated carbocycles. The lowest BCUT2D eigenvalue weighted by Crippen LogP contribution is -2.08. The normalized spacial score (nSPS) is 13.7. The first-order valence-electron chi connectivity index (χ1n) is 6.18. The molecule has 0 saturated heterocycles. The monoisotopic (exact) mass is 236 g/mol. The smallest absolute Gasteiger partial charge is 0.0790 e. The molecule has 1 N–H and O–H groups in total. The van der Waals surface area contributed by atoms with Crippen LogP contribution in [0.1, 0.15) is 50.8 Å². The van der Waals surface area contributed by atoms with Gasteiger partial charge in [-0.2, -0.15) is 0 Å². The number of rotatable bonds is 5. The molecular weight excluding hydrogens is 212 g/mol. The molecule has 1 atom stereocenters. The summed E-state index contributed by atoms with van der Waals surface area (Å²) >= 11 is 0. The molecule has 2 nitrogen and oxygen atoms in total. The van der Waals surface area contributed by atoms with Crippen molar-refractivity contribution < 1.29 is 9.84 Å². The summed E-state index contributed by atoms with van der Waals surface area (Å²) in [4.78, 5) is 0. The van der Waals surface area contributed by atoms with Crippen molar-refractivity contribution in [2.45, 2.75) is 46.3 Å². The molecule has 0 fully saturated rings. The molecular formula is C15H24O2. The quantitative estimate of drug-likeness (QED) is 0.844. The summed E-state index contributed by atoms with van der Waals surface area (Å²) in [7, 11) is 1.68. The number of ether oxygens (including phenoxy) is 1. The van der Waals surface area contributed by atoms with E-state index in [1.165, 1.54) is 0 Å². The third-order valence-electron chi connectivity index (χ3n) is 2.81. The van der Waals surface area contributed by atoms with Crippen LogP contribution in [-0.4, -0.2) is 12.2 Å². The molecule has 0 aliphatic rings. The van der Waals surface area contributed by atoms with E-state index in [2.05, 4.69) is 20.8 Å². The van der Waals surface area contributed by atoms with Gasteiger partial charge in [0, 0.05) is 7.11 Å². The van der Waals surface area contributed by atoms with Gasteiger partial charge in [0.05, 0.1) is 12.7 Å². The van der Waals surface area contributed by atoms with Crippen molar-refractivity contribution in [2.24, 2.45) is 5.41 Å². The van der Waals surface area contributed by atoms with E-state index in [9.17, 15) is 5.11 Å². The van der Waals surface area contributed by atoms with E-state index in [-0.39, 0.29) is 11.5 Å². The maximum Gasteiger partial charge on any atom is 0.0790 e. The van der Waals surface area contributed by atoms with Crippen LogP contribution in [0, 0.1) is 5.41 Å². The minimum Gasteiger partial charge on any atom is -0.388 e. The lowest BCUT2D eigenvalue weighted by atomic mass is 9.88. The molecule has 2 heteroatoms. The third kappa shape index (κ3) is 5.33. The van der Waals surface area contributed by atoms with E-state index in [1.807, 2.05) is 24.3 Å². The maximum absolute atomic E-state index is 10.1. The Morgan fingerprint density at radius 2 is 2.00 bits per heavy atom. The largest absolute Gasteiger partial charge is 0.388 e. The standard InChI is InChI=1S/C15H24O2/c1-15(2,3)9-8-14(16)13-7-5-6-12(10-13)11-17-4/h5-7,10,14,16H,8-9,11H2,1-4H3. The number of aliphatic hydroxyl groups excluding tert-OH is 1. The highest BCUT2D eigenvalue weighted by molar-refractivity contribution is 5.24. The van der Waals surface area contributed by atoms with Gasteiger partial charge in [-0.25, -0.2) is 0 Å². The molecule has 17 heavy (non-hydrogen) atoms. The van der Waals surface area contributed by atoms with Crippen LogP contribution >= 0.6 is 0 Å². The zero-order valence-electron chi connectivity index (χ0n) is 11.4. The van der Waals surface area contributed by atoms with Gasteiger partial charge in [-0.1, -0.05) is 45.0 Å². The summed E-state index contributed by atoms with van der Waals surface area (Å²) in [5.41, 5.74) is 2.37. The molecule has 0 aromatic heterocycles. The summed E-state index contributed by atoms with van der Waals surface area (Å²) in [5, 5.41) is 10.1. The van der Waals surface area contributed by atoms with E-state index in [0.717, 1.165) is 24.0 Å². The van der Waals surface area contributed by atoms with Gasteiger partial charge in [0.2, 0.25) is 0 Å². The Balaban J connectivity index is 2.62. The highest BCUT2D eigenvalue weighted by Gasteiger charge is 2.14. The molecule has 1 unspecified atom stereocenters. The minimum atomic E-state index is -0.369. The van der Waals surface area contributed by atoms with Crippen molar-refractivity contribution in [1.82, 2.24) is 0 Å². The molecule has 0 aliphatic carbocycles. The van der Waals surface area contributed by atoms with Crippen LogP contribution in [0.15, 0.2) is 24.3 Å². The number of hydrogen-bond acceptors (Lipinski definition) is 2. The Hall–Kier alpha value is -0.860. The fourth-order valence-electron chi connectivity index (χ4n) is 1.79. The van der Waals surface area contributed by atoms with Crippen molar-refractivity contribution in [3.05, 3.63) is 35.4 Å². The van der Waals surface area contributed by atoms with E-state index < -0.39 is 0 Å². The Labute approximate surface area is 105 Å². The highest BCUT2D eigenvalue weighted by Crippen LogP contribution is 2.27. The van der Waals surface area contributed by atoms with Gasteiger partial charge < -0.3 is 9.84 Å². The Bertz CT molecular complexity index is 339. The average Bonchev–Trinajstić information content (AvgIpc) is 2.26. The molecule has 96 valence electrons. The van der Waals surface area contributed by atoms with Crippen molar-refractivity contribution in [3.63, 3.8) is 0 Å². The molecule has 0 bridgehead atoms. The lowest BCUT2D eigenvalue weighted by molar-refractivity contribution is 0.147. The van der Waals surface area contributed by atoms with Crippen LogP contribution in [0.2, 0.25) is 0 Å². The average molecular weight is 236 g/mol. The van der Waals surface area contributed by atoms with Gasteiger partial charge in [0.1, 0.15) is 0 Å². The Morgan fingerprint density at radius 3 is 2.59 bits per heavy atom. The van der Waals surface area contributed by atoms with Crippen LogP contribution in [-0.2, 0) is 11.3 Å². The van der Waals surface area contributed by atoms with Crippen LogP contribution in [0.25, 0.3) is 0 Å². The minimum absolute atomic E-state index is 0.269. The van der Waals surface area contributed by atoms with Gasteiger partial charge in [-0.05, 0) is 29.4 Å². The second-order valence-corrected chi connectivity index (χ2v) is 5.79. The summed E-state index contributed by atoms with van der Waals surface area (Å²) in [6, 6.07) is 8.00. The molecule has 0 radical (unpaired) electrons. The van der Waals surface area contributed by atoms with E-state index >= 15 is 0 Å². The van der Waals surface area contributed by atoms with Gasteiger partial charge in [0.15, 0.2) is 0 Å². The molecule has 0 heterocycles. The molecule has 1 aromatic carbocycles. The Morgan fingerprint density at radius 1 is 1.29 bits per heavy atom. The molecule has 0 spiro atoms. The first kappa shape index (κ1) is 14.2. The van der Waals surface area contributed by atoms with Crippen LogP contribution in [0.3, 0.4) is 0 Å². The number of methoxy groups -OCH3 is 1. The van der Waals surface area contributed by atoms with Gasteiger partial charge in [-0.15, -0.1) is 0 Å². The molecule has 1 rings (SSSR count). The summed E-state index contributed by atoms with van der Waals surface area (Å²) < 4.78 is 5.10. The first-order valence-corrected chi connectivity index (χ1v) is 6.18. The van der Waals surface area contributed by atoms with Crippen LogP contribution in [0.5, 0.6) is 0 Å². The predicted molar refractivity (Wildman–Crippen MR) is 70.8 cm³/mol. The number of aliphatic hydroxyl groups is 1. The topological polar surface area (TPSA) is 29.5 Å². The Kier molecular flexibility index (Phi) is 5.16. The van der Waals surface area contributed by atoms with Gasteiger partial charge in [0.25, 0.3) is 0 Å². The van der Waals surface area contributed by atoms with Crippen molar-refractivity contribution in [2.75, 3.05) is 7.11 Å². The predicted octanol–water partition coefficient (Wildman–Crippen LogP) is 3.69. The third-order valence-corrected chi connectivity index (χ3v) is 2.81. The van der Waals surface area contributed by atoms with Crippen molar-refractivity contribution in [1.29, 1.82) is 0 Å². The van der Waals surface area contributed by atoms with E-state index in [1.54, 1.807) is 7.11 Å². The SMILES string of the molecule is COCc1cccc(C(O)CCC(C)(C)C)c1. The summed E-state index contributed by atoms with van der Waals surface area (Å²) in [6.07, 6.45) is 1.45. The van der Waals surface area contributed by atoms with Crippen LogP contribution in [0.4, 0.5) is 0 Å². The first-order chi connectivity index (χ1) is 7.92. The fraction of sp³-hybridized carbons (Fsp3) is 0.600. The molecule has 0 amide bonds. The molecule has 0 aliphatic heterocycles. The fourth-order valence-corrected chi connectivity index (χ4v) is 1.79. The lowest BCUT2D eigenvalue weighted by Gasteiger charge is -2.20. The zero-order valence-corrected chi connectivity index (χ0v) is 11.4. The highest BCUT2D eigenvalue weighted by atomic mass is 16.5.